The standard InChI is InChI=1S/C11H15N3O/c15-10-14(11-5-4-6-12-9-11)13-7-2-1-3-8-13/h4-6,9-10H,1-3,7-8H2. The van der Waals surface area contributed by atoms with Crippen molar-refractivity contribution in [1.29, 1.82) is 0 Å². The summed E-state index contributed by atoms with van der Waals surface area (Å²) in [7, 11) is 0. The molecule has 0 radical (unpaired) electrons. The predicted octanol–water partition coefficient (Wildman–Crippen LogP) is 1.45. The summed E-state index contributed by atoms with van der Waals surface area (Å²) in [5, 5.41) is 3.74. The third-order valence-electron chi connectivity index (χ3n) is 2.65. The van der Waals surface area contributed by atoms with E-state index in [9.17, 15) is 4.79 Å². The topological polar surface area (TPSA) is 36.4 Å². The highest BCUT2D eigenvalue weighted by Gasteiger charge is 2.17. The molecule has 4 heteroatoms. The number of rotatable bonds is 3. The molecule has 0 aromatic carbocycles. The zero-order valence-electron chi connectivity index (χ0n) is 8.67. The first-order valence-electron chi connectivity index (χ1n) is 5.31. The van der Waals surface area contributed by atoms with Crippen LogP contribution >= 0.6 is 0 Å². The van der Waals surface area contributed by atoms with Crippen LogP contribution in [0.2, 0.25) is 0 Å². The zero-order chi connectivity index (χ0) is 10.5. The minimum Gasteiger partial charge on any atom is -0.277 e. The van der Waals surface area contributed by atoms with Crippen LogP contribution in [0.1, 0.15) is 19.3 Å². The molecule has 0 spiro atoms. The van der Waals surface area contributed by atoms with E-state index in [0.717, 1.165) is 38.0 Å². The van der Waals surface area contributed by atoms with Crippen LogP contribution in [0, 0.1) is 0 Å². The number of hydrazine groups is 1. The SMILES string of the molecule is O=CN(c1cccnc1)N1CCCCC1. The van der Waals surface area contributed by atoms with Crippen molar-refractivity contribution >= 4 is 12.1 Å². The van der Waals surface area contributed by atoms with Crippen molar-refractivity contribution in [3.63, 3.8) is 0 Å². The molecular formula is C11H15N3O. The molecule has 1 aromatic heterocycles. The van der Waals surface area contributed by atoms with Gasteiger partial charge in [-0.3, -0.25) is 9.78 Å². The molecule has 2 rings (SSSR count). The summed E-state index contributed by atoms with van der Waals surface area (Å²) in [6.07, 6.45) is 7.86. The number of nitrogens with zero attached hydrogens (tertiary/aromatic N) is 3. The van der Waals surface area contributed by atoms with Gasteiger partial charge in [-0.15, -0.1) is 0 Å². The molecule has 0 atom stereocenters. The number of aromatic nitrogens is 1. The Kier molecular flexibility index (Phi) is 3.29. The Morgan fingerprint density at radius 1 is 1.33 bits per heavy atom. The third kappa shape index (κ3) is 2.33. The van der Waals surface area contributed by atoms with Gasteiger partial charge in [0.2, 0.25) is 6.41 Å². The average Bonchev–Trinajstić information content (AvgIpc) is 2.33. The van der Waals surface area contributed by atoms with Gasteiger partial charge < -0.3 is 0 Å². The van der Waals surface area contributed by atoms with Crippen molar-refractivity contribution in [3.8, 4) is 0 Å². The van der Waals surface area contributed by atoms with Crippen molar-refractivity contribution in [2.45, 2.75) is 19.3 Å². The van der Waals surface area contributed by atoms with Gasteiger partial charge in [-0.25, -0.2) is 10.0 Å². The van der Waals surface area contributed by atoms with Gasteiger partial charge in [0.15, 0.2) is 0 Å². The van der Waals surface area contributed by atoms with Crippen LogP contribution in [0.4, 0.5) is 5.69 Å². The molecule has 1 saturated heterocycles. The fraction of sp³-hybridized carbons (Fsp3) is 0.455. The number of piperidine rings is 1. The van der Waals surface area contributed by atoms with E-state index in [-0.39, 0.29) is 0 Å². The molecule has 1 aliphatic heterocycles. The molecule has 0 unspecified atom stereocenters. The number of hydrogen-bond acceptors (Lipinski definition) is 3. The monoisotopic (exact) mass is 205 g/mol. The van der Waals surface area contributed by atoms with E-state index in [2.05, 4.69) is 9.99 Å². The normalized spacial score (nSPS) is 17.3. The maximum absolute atomic E-state index is 11.1. The maximum Gasteiger partial charge on any atom is 0.228 e. The molecule has 0 N–H and O–H groups in total. The van der Waals surface area contributed by atoms with Crippen LogP contribution < -0.4 is 5.01 Å². The summed E-state index contributed by atoms with van der Waals surface area (Å²) in [5.74, 6) is 0. The van der Waals surface area contributed by atoms with Crippen LogP contribution in [-0.4, -0.2) is 29.5 Å². The Bertz CT molecular complexity index is 309. The van der Waals surface area contributed by atoms with Crippen LogP contribution in [0.25, 0.3) is 0 Å². The first-order chi connectivity index (χ1) is 7.42. The van der Waals surface area contributed by atoms with E-state index in [4.69, 9.17) is 0 Å². The quantitative estimate of drug-likeness (QED) is 0.701. The van der Waals surface area contributed by atoms with E-state index in [1.807, 2.05) is 12.1 Å². The number of pyridine rings is 1. The number of amides is 1. The molecule has 80 valence electrons. The van der Waals surface area contributed by atoms with Gasteiger partial charge in [-0.1, -0.05) is 6.42 Å². The van der Waals surface area contributed by atoms with E-state index < -0.39 is 0 Å². The van der Waals surface area contributed by atoms with E-state index >= 15 is 0 Å². The highest BCUT2D eigenvalue weighted by molar-refractivity contribution is 5.73. The minimum atomic E-state index is 0.842. The average molecular weight is 205 g/mol. The van der Waals surface area contributed by atoms with Gasteiger partial charge in [-0.2, -0.15) is 0 Å². The lowest BCUT2D eigenvalue weighted by Gasteiger charge is -2.34. The van der Waals surface area contributed by atoms with E-state index in [1.165, 1.54) is 6.42 Å². The number of carbonyl (C=O) groups is 1. The molecule has 2 heterocycles. The fourth-order valence-electron chi connectivity index (χ4n) is 1.87. The molecule has 15 heavy (non-hydrogen) atoms. The fourth-order valence-corrected chi connectivity index (χ4v) is 1.87. The van der Waals surface area contributed by atoms with Crippen LogP contribution in [0.5, 0.6) is 0 Å². The lowest BCUT2D eigenvalue weighted by atomic mass is 10.2. The van der Waals surface area contributed by atoms with Gasteiger partial charge in [-0.05, 0) is 25.0 Å². The Balaban J connectivity index is 2.12. The summed E-state index contributed by atoms with van der Waals surface area (Å²) < 4.78 is 0. The van der Waals surface area contributed by atoms with Gasteiger partial charge in [0, 0.05) is 19.3 Å². The second-order valence-electron chi connectivity index (χ2n) is 3.68. The Morgan fingerprint density at radius 3 is 2.73 bits per heavy atom. The lowest BCUT2D eigenvalue weighted by molar-refractivity contribution is -0.110. The summed E-state index contributed by atoms with van der Waals surface area (Å²) in [4.78, 5) is 15.1. The maximum atomic E-state index is 11.1. The van der Waals surface area contributed by atoms with Crippen molar-refractivity contribution in [3.05, 3.63) is 24.5 Å². The molecular weight excluding hydrogens is 190 g/mol. The number of hydrogen-bond donors (Lipinski definition) is 0. The molecule has 1 aromatic rings. The first-order valence-corrected chi connectivity index (χ1v) is 5.31. The zero-order valence-corrected chi connectivity index (χ0v) is 8.67. The predicted molar refractivity (Wildman–Crippen MR) is 58.2 cm³/mol. The van der Waals surface area contributed by atoms with E-state index in [0.29, 0.717) is 0 Å². The molecule has 0 aliphatic carbocycles. The first kappa shape index (κ1) is 10.1. The Hall–Kier alpha value is -1.42. The second-order valence-corrected chi connectivity index (χ2v) is 3.68. The Labute approximate surface area is 89.5 Å². The van der Waals surface area contributed by atoms with Crippen molar-refractivity contribution < 1.29 is 4.79 Å². The van der Waals surface area contributed by atoms with Gasteiger partial charge in [0.05, 0.1) is 11.9 Å². The molecule has 1 fully saturated rings. The van der Waals surface area contributed by atoms with Gasteiger partial charge in [0.1, 0.15) is 0 Å². The van der Waals surface area contributed by atoms with Crippen LogP contribution in [0.15, 0.2) is 24.5 Å². The summed E-state index contributed by atoms with van der Waals surface area (Å²) in [6, 6.07) is 3.74. The highest BCUT2D eigenvalue weighted by Crippen LogP contribution is 2.17. The summed E-state index contributed by atoms with van der Waals surface area (Å²) >= 11 is 0. The van der Waals surface area contributed by atoms with Gasteiger partial charge >= 0.3 is 0 Å². The van der Waals surface area contributed by atoms with Crippen molar-refractivity contribution in [2.75, 3.05) is 18.1 Å². The highest BCUT2D eigenvalue weighted by atomic mass is 16.1. The molecule has 1 aliphatic rings. The summed E-state index contributed by atoms with van der Waals surface area (Å²) in [6.45, 7) is 1.90. The van der Waals surface area contributed by atoms with Crippen molar-refractivity contribution in [1.82, 2.24) is 9.99 Å². The number of carbonyl (C=O) groups excluding carboxylic acids is 1. The van der Waals surface area contributed by atoms with Crippen molar-refractivity contribution in [2.24, 2.45) is 0 Å². The number of anilines is 1. The largest absolute Gasteiger partial charge is 0.277 e. The lowest BCUT2D eigenvalue weighted by Crippen LogP contribution is -2.45. The molecule has 0 bridgehead atoms. The van der Waals surface area contributed by atoms with Crippen LogP contribution in [0.3, 0.4) is 0 Å². The second kappa shape index (κ2) is 4.89. The molecule has 0 saturated carbocycles. The van der Waals surface area contributed by atoms with Gasteiger partial charge in [0.25, 0.3) is 0 Å². The molecule has 4 nitrogen and oxygen atoms in total. The van der Waals surface area contributed by atoms with Crippen LogP contribution in [-0.2, 0) is 4.79 Å². The third-order valence-corrected chi connectivity index (χ3v) is 2.65. The minimum absolute atomic E-state index is 0.842. The molecule has 1 amide bonds. The smallest absolute Gasteiger partial charge is 0.228 e. The Morgan fingerprint density at radius 2 is 2.13 bits per heavy atom. The van der Waals surface area contributed by atoms with E-state index in [1.54, 1.807) is 17.4 Å². The summed E-state index contributed by atoms with van der Waals surface area (Å²) in [5.41, 5.74) is 0.842.